The van der Waals surface area contributed by atoms with Crippen LogP contribution in [0.25, 0.3) is 0 Å². The minimum atomic E-state index is -0.0409. The van der Waals surface area contributed by atoms with Gasteiger partial charge in [0.2, 0.25) is 5.91 Å². The number of likely N-dealkylation sites (N-methyl/N-ethyl adjacent to an activating group) is 1. The van der Waals surface area contributed by atoms with E-state index >= 15 is 0 Å². The lowest BCUT2D eigenvalue weighted by molar-refractivity contribution is -0.116. The second kappa shape index (κ2) is 7.63. The molecule has 0 aliphatic carbocycles. The van der Waals surface area contributed by atoms with Gasteiger partial charge in [-0.15, -0.1) is 0 Å². The molecule has 2 N–H and O–H groups in total. The van der Waals surface area contributed by atoms with Gasteiger partial charge in [0.15, 0.2) is 0 Å². The zero-order valence-corrected chi connectivity index (χ0v) is 10.4. The summed E-state index contributed by atoms with van der Waals surface area (Å²) in [5.74, 6) is -0.0409. The quantitative estimate of drug-likeness (QED) is 0.735. The summed E-state index contributed by atoms with van der Waals surface area (Å²) in [7, 11) is 0. The molecule has 0 bridgehead atoms. The molecule has 1 aromatic rings. The van der Waals surface area contributed by atoms with Crippen molar-refractivity contribution < 1.29 is 4.79 Å². The van der Waals surface area contributed by atoms with Gasteiger partial charge in [-0.1, -0.05) is 36.4 Å². The third-order valence-corrected chi connectivity index (χ3v) is 2.36. The van der Waals surface area contributed by atoms with Crippen LogP contribution in [0, 0.1) is 0 Å². The first kappa shape index (κ1) is 13.5. The molecule has 3 heteroatoms. The van der Waals surface area contributed by atoms with Crippen molar-refractivity contribution in [3.63, 3.8) is 0 Å². The van der Waals surface area contributed by atoms with E-state index in [2.05, 4.69) is 22.8 Å². The van der Waals surface area contributed by atoms with E-state index in [0.717, 1.165) is 6.54 Å². The Morgan fingerprint density at radius 2 is 2.06 bits per heavy atom. The summed E-state index contributed by atoms with van der Waals surface area (Å²) >= 11 is 0. The normalized spacial score (nSPS) is 12.6. The van der Waals surface area contributed by atoms with Crippen molar-refractivity contribution in [1.82, 2.24) is 10.6 Å². The highest BCUT2D eigenvalue weighted by molar-refractivity contribution is 5.87. The van der Waals surface area contributed by atoms with Gasteiger partial charge >= 0.3 is 0 Å². The van der Waals surface area contributed by atoms with Crippen LogP contribution in [0.15, 0.2) is 42.5 Å². The number of hydrogen-bond acceptors (Lipinski definition) is 2. The van der Waals surface area contributed by atoms with E-state index in [-0.39, 0.29) is 11.9 Å². The molecule has 0 aliphatic heterocycles. The summed E-state index contributed by atoms with van der Waals surface area (Å²) in [6, 6.07) is 10.4. The van der Waals surface area contributed by atoms with Crippen LogP contribution >= 0.6 is 0 Å². The van der Waals surface area contributed by atoms with Crippen LogP contribution in [-0.4, -0.2) is 18.5 Å². The monoisotopic (exact) mass is 232 g/mol. The van der Waals surface area contributed by atoms with Crippen LogP contribution in [0.4, 0.5) is 0 Å². The molecule has 1 atom stereocenters. The number of carbonyl (C=O) groups is 1. The summed E-state index contributed by atoms with van der Waals surface area (Å²) in [5, 5.41) is 6.05. The molecule has 1 rings (SSSR count). The van der Waals surface area contributed by atoms with Crippen LogP contribution in [0.2, 0.25) is 0 Å². The number of hydrogen-bond donors (Lipinski definition) is 2. The Morgan fingerprint density at radius 1 is 1.35 bits per heavy atom. The van der Waals surface area contributed by atoms with Crippen molar-refractivity contribution in [1.29, 1.82) is 0 Å². The van der Waals surface area contributed by atoms with Crippen molar-refractivity contribution in [3.8, 4) is 0 Å². The third-order valence-electron chi connectivity index (χ3n) is 2.36. The molecule has 0 heterocycles. The Kier molecular flexibility index (Phi) is 6.04. The average molecular weight is 232 g/mol. The molecular weight excluding hydrogens is 212 g/mol. The maximum absolute atomic E-state index is 11.2. The van der Waals surface area contributed by atoms with E-state index in [1.54, 1.807) is 6.08 Å². The van der Waals surface area contributed by atoms with E-state index in [1.165, 1.54) is 5.56 Å². The fraction of sp³-hybridized carbons (Fsp3) is 0.357. The van der Waals surface area contributed by atoms with Crippen molar-refractivity contribution in [2.24, 2.45) is 0 Å². The lowest BCUT2D eigenvalue weighted by atomic mass is 10.2. The summed E-state index contributed by atoms with van der Waals surface area (Å²) < 4.78 is 0. The van der Waals surface area contributed by atoms with E-state index in [4.69, 9.17) is 0 Å². The van der Waals surface area contributed by atoms with Crippen molar-refractivity contribution in [3.05, 3.63) is 48.0 Å². The zero-order chi connectivity index (χ0) is 12.5. The highest BCUT2D eigenvalue weighted by atomic mass is 16.1. The average Bonchev–Trinajstić information content (AvgIpc) is 2.35. The Bertz CT molecular complexity index is 360. The van der Waals surface area contributed by atoms with Crippen LogP contribution in [0.3, 0.4) is 0 Å². The molecule has 0 saturated carbocycles. The molecule has 0 radical (unpaired) electrons. The number of benzene rings is 1. The van der Waals surface area contributed by atoms with Gasteiger partial charge in [0, 0.05) is 25.2 Å². The molecule has 92 valence electrons. The molecule has 0 fully saturated rings. The smallest absolute Gasteiger partial charge is 0.243 e. The van der Waals surface area contributed by atoms with E-state index in [9.17, 15) is 4.79 Å². The van der Waals surface area contributed by atoms with Crippen molar-refractivity contribution in [2.45, 2.75) is 26.4 Å². The van der Waals surface area contributed by atoms with Gasteiger partial charge in [-0.25, -0.2) is 0 Å². The van der Waals surface area contributed by atoms with Crippen molar-refractivity contribution in [2.75, 3.05) is 6.54 Å². The molecular formula is C14H20N2O. The first-order valence-electron chi connectivity index (χ1n) is 5.95. The van der Waals surface area contributed by atoms with Gasteiger partial charge < -0.3 is 10.6 Å². The molecule has 0 spiro atoms. The fourth-order valence-corrected chi connectivity index (χ4v) is 1.41. The summed E-state index contributed by atoms with van der Waals surface area (Å²) in [6.07, 6.45) is 3.44. The minimum Gasteiger partial charge on any atom is -0.353 e. The summed E-state index contributed by atoms with van der Waals surface area (Å²) in [4.78, 5) is 11.2. The van der Waals surface area contributed by atoms with E-state index in [1.807, 2.05) is 38.1 Å². The number of rotatable bonds is 6. The van der Waals surface area contributed by atoms with Gasteiger partial charge in [0.1, 0.15) is 0 Å². The lowest BCUT2D eigenvalue weighted by Crippen LogP contribution is -2.25. The molecule has 0 aromatic heterocycles. The highest BCUT2D eigenvalue weighted by Gasteiger charge is 1.98. The first-order valence-corrected chi connectivity index (χ1v) is 5.95. The molecule has 0 unspecified atom stereocenters. The number of nitrogens with one attached hydrogen (secondary N) is 2. The molecule has 1 aromatic carbocycles. The molecule has 1 amide bonds. The second-order valence-corrected chi connectivity index (χ2v) is 3.91. The minimum absolute atomic E-state index is 0.0409. The summed E-state index contributed by atoms with van der Waals surface area (Å²) in [5.41, 5.74) is 1.24. The summed E-state index contributed by atoms with van der Waals surface area (Å²) in [6.45, 7) is 5.40. The van der Waals surface area contributed by atoms with Crippen LogP contribution in [-0.2, 0) is 11.3 Å². The molecule has 0 aliphatic rings. The van der Waals surface area contributed by atoms with E-state index in [0.29, 0.717) is 6.54 Å². The number of carbonyl (C=O) groups excluding carboxylic acids is 1. The topological polar surface area (TPSA) is 41.1 Å². The van der Waals surface area contributed by atoms with Gasteiger partial charge in [-0.2, -0.15) is 0 Å². The van der Waals surface area contributed by atoms with Crippen LogP contribution in [0.5, 0.6) is 0 Å². The SMILES string of the molecule is CCNC(=O)/C=C/[C@H](C)NCc1ccccc1. The van der Waals surface area contributed by atoms with Crippen molar-refractivity contribution >= 4 is 5.91 Å². The maximum atomic E-state index is 11.2. The van der Waals surface area contributed by atoms with E-state index < -0.39 is 0 Å². The highest BCUT2D eigenvalue weighted by Crippen LogP contribution is 1.98. The second-order valence-electron chi connectivity index (χ2n) is 3.91. The molecule has 0 saturated heterocycles. The van der Waals surface area contributed by atoms with Crippen LogP contribution < -0.4 is 10.6 Å². The predicted molar refractivity (Wildman–Crippen MR) is 70.6 cm³/mol. The largest absolute Gasteiger partial charge is 0.353 e. The Morgan fingerprint density at radius 3 is 2.71 bits per heavy atom. The number of amides is 1. The first-order chi connectivity index (χ1) is 8.22. The fourth-order valence-electron chi connectivity index (χ4n) is 1.41. The lowest BCUT2D eigenvalue weighted by Gasteiger charge is -2.09. The van der Waals surface area contributed by atoms with Gasteiger partial charge in [-0.05, 0) is 19.4 Å². The predicted octanol–water partition coefficient (Wildman–Crippen LogP) is 1.86. The molecule has 3 nitrogen and oxygen atoms in total. The maximum Gasteiger partial charge on any atom is 0.243 e. The Hall–Kier alpha value is -1.61. The zero-order valence-electron chi connectivity index (χ0n) is 10.4. The molecule has 17 heavy (non-hydrogen) atoms. The van der Waals surface area contributed by atoms with Gasteiger partial charge in [0.05, 0.1) is 0 Å². The van der Waals surface area contributed by atoms with Gasteiger partial charge in [0.25, 0.3) is 0 Å². The van der Waals surface area contributed by atoms with Crippen LogP contribution in [0.1, 0.15) is 19.4 Å². The van der Waals surface area contributed by atoms with Gasteiger partial charge in [-0.3, -0.25) is 4.79 Å². The Labute approximate surface area is 103 Å². The standard InChI is InChI=1S/C14H20N2O/c1-3-15-14(17)10-9-12(2)16-11-13-7-5-4-6-8-13/h4-10,12,16H,3,11H2,1-2H3,(H,15,17)/b10-9+/t12-/m0/s1. The third kappa shape index (κ3) is 5.88. The Balaban J connectivity index is 2.30.